The summed E-state index contributed by atoms with van der Waals surface area (Å²) in [5, 5.41) is 29.6. The Hall–Kier alpha value is -1.75. The molecule has 0 saturated heterocycles. The molecule has 1 aromatic carbocycles. The van der Waals surface area contributed by atoms with Crippen molar-refractivity contribution in [2.24, 2.45) is 0 Å². The molecule has 5 heteroatoms. The lowest BCUT2D eigenvalue weighted by atomic mass is 10.2. The van der Waals surface area contributed by atoms with Crippen LogP contribution < -0.4 is 5.32 Å². The van der Waals surface area contributed by atoms with E-state index in [0.29, 0.717) is 0 Å². The molecule has 0 aliphatic heterocycles. The van der Waals surface area contributed by atoms with Gasteiger partial charge in [-0.3, -0.25) is 4.79 Å². The zero-order valence-electron chi connectivity index (χ0n) is 8.27. The van der Waals surface area contributed by atoms with Gasteiger partial charge in [-0.2, -0.15) is 0 Å². The molecule has 0 spiro atoms. The van der Waals surface area contributed by atoms with Gasteiger partial charge >= 0.3 is 0 Å². The molecule has 0 aliphatic carbocycles. The lowest BCUT2D eigenvalue weighted by Crippen LogP contribution is -2.30. The van der Waals surface area contributed by atoms with Gasteiger partial charge < -0.3 is 20.6 Å². The molecular formula is C10H13NO4. The maximum atomic E-state index is 11.4. The van der Waals surface area contributed by atoms with Crippen molar-refractivity contribution in [2.45, 2.75) is 13.0 Å². The Morgan fingerprint density at radius 2 is 2.07 bits per heavy atom. The lowest BCUT2D eigenvalue weighted by Gasteiger charge is -2.07. The third-order valence-electron chi connectivity index (χ3n) is 1.80. The molecule has 0 fully saturated rings. The number of carbonyl (C=O) groups excluding carboxylic acids is 1. The normalized spacial score (nSPS) is 12.1. The maximum absolute atomic E-state index is 11.4. The number of phenolic OH excluding ortho intramolecular Hbond substituents is 2. The number of aliphatic hydroxyl groups is 1. The first kappa shape index (κ1) is 11.3. The van der Waals surface area contributed by atoms with Crippen molar-refractivity contribution in [3.63, 3.8) is 0 Å². The first-order valence-corrected chi connectivity index (χ1v) is 4.49. The molecule has 1 amide bonds. The van der Waals surface area contributed by atoms with Crippen LogP contribution in [0.2, 0.25) is 0 Å². The van der Waals surface area contributed by atoms with E-state index in [0.717, 1.165) is 6.07 Å². The Bertz CT molecular complexity index is 362. The Balaban J connectivity index is 2.70. The highest BCUT2D eigenvalue weighted by molar-refractivity contribution is 5.94. The van der Waals surface area contributed by atoms with Crippen molar-refractivity contribution in [3.8, 4) is 11.5 Å². The summed E-state index contributed by atoms with van der Waals surface area (Å²) >= 11 is 0. The highest BCUT2D eigenvalue weighted by Gasteiger charge is 2.08. The van der Waals surface area contributed by atoms with E-state index in [4.69, 9.17) is 15.3 Å². The second kappa shape index (κ2) is 4.65. The summed E-state index contributed by atoms with van der Waals surface area (Å²) in [6.45, 7) is 1.69. The average molecular weight is 211 g/mol. The number of aliphatic hydroxyl groups excluding tert-OH is 1. The largest absolute Gasteiger partial charge is 0.504 e. The lowest BCUT2D eigenvalue weighted by molar-refractivity contribution is 0.0923. The molecule has 1 unspecified atom stereocenters. The van der Waals surface area contributed by atoms with E-state index in [2.05, 4.69) is 5.32 Å². The van der Waals surface area contributed by atoms with E-state index < -0.39 is 12.0 Å². The monoisotopic (exact) mass is 211 g/mol. The van der Waals surface area contributed by atoms with E-state index in [9.17, 15) is 4.79 Å². The second-order valence-electron chi connectivity index (χ2n) is 3.26. The Morgan fingerprint density at radius 1 is 1.40 bits per heavy atom. The SMILES string of the molecule is CC(O)CNC(=O)c1ccc(O)c(O)c1. The van der Waals surface area contributed by atoms with Gasteiger partial charge in [-0.05, 0) is 25.1 Å². The van der Waals surface area contributed by atoms with Gasteiger partial charge in [0.25, 0.3) is 5.91 Å². The number of amides is 1. The molecule has 4 N–H and O–H groups in total. The van der Waals surface area contributed by atoms with Crippen LogP contribution in [0.15, 0.2) is 18.2 Å². The zero-order chi connectivity index (χ0) is 11.4. The topological polar surface area (TPSA) is 89.8 Å². The molecular weight excluding hydrogens is 198 g/mol. The van der Waals surface area contributed by atoms with Crippen molar-refractivity contribution in [3.05, 3.63) is 23.8 Å². The molecule has 0 saturated carbocycles. The molecule has 1 aromatic rings. The van der Waals surface area contributed by atoms with Gasteiger partial charge in [-0.15, -0.1) is 0 Å². The molecule has 82 valence electrons. The minimum Gasteiger partial charge on any atom is -0.504 e. The number of rotatable bonds is 3. The fourth-order valence-electron chi connectivity index (χ4n) is 1.01. The van der Waals surface area contributed by atoms with Crippen LogP contribution in [-0.2, 0) is 0 Å². The number of hydrogen-bond acceptors (Lipinski definition) is 4. The van der Waals surface area contributed by atoms with Crippen LogP contribution in [0.5, 0.6) is 11.5 Å². The summed E-state index contributed by atoms with van der Waals surface area (Å²) < 4.78 is 0. The third kappa shape index (κ3) is 3.14. The van der Waals surface area contributed by atoms with Gasteiger partial charge in [0.15, 0.2) is 11.5 Å². The number of benzene rings is 1. The van der Waals surface area contributed by atoms with E-state index in [1.54, 1.807) is 6.92 Å². The maximum Gasteiger partial charge on any atom is 0.251 e. The number of nitrogens with one attached hydrogen (secondary N) is 1. The van der Waals surface area contributed by atoms with Gasteiger partial charge in [0, 0.05) is 12.1 Å². The first-order valence-electron chi connectivity index (χ1n) is 4.49. The van der Waals surface area contributed by atoms with Gasteiger partial charge in [-0.1, -0.05) is 0 Å². The Kier molecular flexibility index (Phi) is 3.51. The minimum absolute atomic E-state index is 0.139. The summed E-state index contributed by atoms with van der Waals surface area (Å²) in [7, 11) is 0. The Morgan fingerprint density at radius 3 is 2.60 bits per heavy atom. The van der Waals surface area contributed by atoms with Crippen molar-refractivity contribution in [1.29, 1.82) is 0 Å². The summed E-state index contributed by atoms with van der Waals surface area (Å²) in [5.74, 6) is -1.03. The minimum atomic E-state index is -0.625. The molecule has 15 heavy (non-hydrogen) atoms. The van der Waals surface area contributed by atoms with Crippen LogP contribution >= 0.6 is 0 Å². The fourth-order valence-corrected chi connectivity index (χ4v) is 1.01. The molecule has 1 atom stereocenters. The third-order valence-corrected chi connectivity index (χ3v) is 1.80. The van der Waals surface area contributed by atoms with Crippen molar-refractivity contribution >= 4 is 5.91 Å². The molecule has 0 aromatic heterocycles. The van der Waals surface area contributed by atoms with Gasteiger partial charge in [0.1, 0.15) is 0 Å². The number of phenols is 2. The van der Waals surface area contributed by atoms with Crippen LogP contribution in [0, 0.1) is 0 Å². The molecule has 0 heterocycles. The number of carbonyl (C=O) groups is 1. The summed E-state index contributed by atoms with van der Waals surface area (Å²) in [6, 6.07) is 3.77. The second-order valence-corrected chi connectivity index (χ2v) is 3.26. The predicted octanol–water partition coefficient (Wildman–Crippen LogP) is 0.208. The van der Waals surface area contributed by atoms with Crippen molar-refractivity contribution in [2.75, 3.05) is 6.54 Å². The van der Waals surface area contributed by atoms with Crippen LogP contribution in [0.3, 0.4) is 0 Å². The molecule has 5 nitrogen and oxygen atoms in total. The highest BCUT2D eigenvalue weighted by atomic mass is 16.3. The van der Waals surface area contributed by atoms with Crippen molar-refractivity contribution < 1.29 is 20.1 Å². The van der Waals surface area contributed by atoms with E-state index in [1.165, 1.54) is 12.1 Å². The summed E-state index contributed by atoms with van der Waals surface area (Å²) in [6.07, 6.45) is -0.625. The van der Waals surface area contributed by atoms with Gasteiger partial charge in [0.2, 0.25) is 0 Å². The van der Waals surface area contributed by atoms with E-state index in [1.807, 2.05) is 0 Å². The number of aromatic hydroxyl groups is 2. The molecule has 0 aliphatic rings. The van der Waals surface area contributed by atoms with Gasteiger partial charge in [0.05, 0.1) is 6.10 Å². The smallest absolute Gasteiger partial charge is 0.251 e. The van der Waals surface area contributed by atoms with Crippen LogP contribution in [0.25, 0.3) is 0 Å². The van der Waals surface area contributed by atoms with E-state index in [-0.39, 0.29) is 23.6 Å². The standard InChI is InChI=1S/C10H13NO4/c1-6(12)5-11-10(15)7-2-3-8(13)9(14)4-7/h2-4,6,12-14H,5H2,1H3,(H,11,15). The molecule has 0 radical (unpaired) electrons. The van der Waals surface area contributed by atoms with Gasteiger partial charge in [-0.25, -0.2) is 0 Å². The fraction of sp³-hybridized carbons (Fsp3) is 0.300. The Labute approximate surface area is 87.0 Å². The predicted molar refractivity (Wildman–Crippen MR) is 53.8 cm³/mol. The van der Waals surface area contributed by atoms with Crippen LogP contribution in [0.4, 0.5) is 0 Å². The first-order chi connectivity index (χ1) is 7.00. The highest BCUT2D eigenvalue weighted by Crippen LogP contribution is 2.24. The molecule has 1 rings (SSSR count). The quantitative estimate of drug-likeness (QED) is 0.538. The molecule has 0 bridgehead atoms. The average Bonchev–Trinajstić information content (AvgIpc) is 2.18. The van der Waals surface area contributed by atoms with Crippen LogP contribution in [-0.4, -0.2) is 33.9 Å². The van der Waals surface area contributed by atoms with Crippen molar-refractivity contribution in [1.82, 2.24) is 5.32 Å². The number of hydrogen-bond donors (Lipinski definition) is 4. The van der Waals surface area contributed by atoms with Crippen LogP contribution in [0.1, 0.15) is 17.3 Å². The van der Waals surface area contributed by atoms with E-state index >= 15 is 0 Å². The summed E-state index contributed by atoms with van der Waals surface area (Å²) in [4.78, 5) is 11.4. The summed E-state index contributed by atoms with van der Waals surface area (Å²) in [5.41, 5.74) is 0.228. The zero-order valence-corrected chi connectivity index (χ0v) is 8.27.